The van der Waals surface area contributed by atoms with Gasteiger partial charge in [0, 0.05) is 24.0 Å². The summed E-state index contributed by atoms with van der Waals surface area (Å²) in [5, 5.41) is 7.10. The zero-order valence-electron chi connectivity index (χ0n) is 25.8. The largest absolute Gasteiger partial charge is 0.337 e. The molecule has 11 nitrogen and oxygen atoms in total. The van der Waals surface area contributed by atoms with Crippen molar-refractivity contribution in [2.24, 2.45) is 0 Å². The topological polar surface area (TPSA) is 160 Å². The van der Waals surface area contributed by atoms with Gasteiger partial charge in [0.15, 0.2) is 5.03 Å². The molecule has 0 radical (unpaired) electrons. The van der Waals surface area contributed by atoms with E-state index in [4.69, 9.17) is 9.65 Å². The number of sulfonamides is 1. The van der Waals surface area contributed by atoms with Crippen LogP contribution in [0.4, 0.5) is 4.79 Å². The fourth-order valence-electron chi connectivity index (χ4n) is 4.57. The second-order valence-electron chi connectivity index (χ2n) is 10.6. The van der Waals surface area contributed by atoms with Gasteiger partial charge < -0.3 is 5.32 Å². The van der Waals surface area contributed by atoms with E-state index in [0.717, 1.165) is 44.9 Å². The third kappa shape index (κ3) is 8.87. The number of benzene rings is 3. The van der Waals surface area contributed by atoms with Gasteiger partial charge in [-0.3, -0.25) is 4.55 Å². The molecule has 2 aromatic heterocycles. The number of carbonyl (C=O) groups is 1. The van der Waals surface area contributed by atoms with Gasteiger partial charge in [-0.2, -0.15) is 21.9 Å². The zero-order valence-corrected chi connectivity index (χ0v) is 27.4. The lowest BCUT2D eigenvalue weighted by Gasteiger charge is -2.09. The molecule has 0 saturated heterocycles. The lowest BCUT2D eigenvalue weighted by Crippen LogP contribution is -2.40. The molecular weight excluding hydrogens is 627 g/mol. The van der Waals surface area contributed by atoms with Crippen LogP contribution in [0.2, 0.25) is 0 Å². The number of hydrogen-bond acceptors (Lipinski definition) is 7. The van der Waals surface area contributed by atoms with E-state index in [0.29, 0.717) is 6.42 Å². The third-order valence-electron chi connectivity index (χ3n) is 6.94. The monoisotopic (exact) mass is 661 g/mol. The molecule has 0 spiro atoms. The molecule has 0 aliphatic rings. The number of rotatable bonds is 8. The van der Waals surface area contributed by atoms with Gasteiger partial charge in [0.2, 0.25) is 0 Å². The minimum atomic E-state index is -4.02. The summed E-state index contributed by atoms with van der Waals surface area (Å²) >= 11 is 0. The summed E-state index contributed by atoms with van der Waals surface area (Å²) in [6.45, 7) is 7.98. The van der Waals surface area contributed by atoms with E-state index < -0.39 is 26.2 Å². The molecule has 0 bridgehead atoms. The van der Waals surface area contributed by atoms with Crippen molar-refractivity contribution in [3.05, 3.63) is 125 Å². The van der Waals surface area contributed by atoms with Crippen molar-refractivity contribution in [1.82, 2.24) is 24.8 Å². The third-order valence-corrected chi connectivity index (χ3v) is 9.05. The first-order valence-corrected chi connectivity index (χ1v) is 17.2. The van der Waals surface area contributed by atoms with E-state index in [1.807, 2.05) is 65.7 Å². The number of hydrogen-bond donors (Lipinski definition) is 3. The maximum absolute atomic E-state index is 12.3. The van der Waals surface area contributed by atoms with E-state index in [2.05, 4.69) is 29.4 Å². The number of urea groups is 1. The molecule has 0 aliphatic heterocycles. The number of amides is 2. The Hall–Kier alpha value is -4.85. The Morgan fingerprint density at radius 1 is 0.804 bits per heavy atom. The van der Waals surface area contributed by atoms with Gasteiger partial charge in [-0.1, -0.05) is 66.2 Å². The number of pyridine rings is 1. The molecule has 5 rings (SSSR count). The van der Waals surface area contributed by atoms with Gasteiger partial charge in [-0.25, -0.2) is 19.2 Å². The Balaban J connectivity index is 0.000000369. The minimum absolute atomic E-state index is 0.0666. The first kappa shape index (κ1) is 34.0. The van der Waals surface area contributed by atoms with Crippen molar-refractivity contribution in [2.75, 3.05) is 6.54 Å². The zero-order chi connectivity index (χ0) is 33.5. The van der Waals surface area contributed by atoms with Crippen LogP contribution in [0.25, 0.3) is 16.8 Å². The number of nitrogens with one attached hydrogen (secondary N) is 2. The van der Waals surface area contributed by atoms with Crippen molar-refractivity contribution in [3.63, 3.8) is 0 Å². The van der Waals surface area contributed by atoms with E-state index in [-0.39, 0.29) is 16.5 Å². The van der Waals surface area contributed by atoms with E-state index in [1.54, 1.807) is 25.1 Å². The van der Waals surface area contributed by atoms with Crippen molar-refractivity contribution in [3.8, 4) is 16.8 Å². The van der Waals surface area contributed by atoms with Crippen LogP contribution >= 0.6 is 0 Å². The fraction of sp³-hybridized carbons (Fsp3) is 0.182. The smallest absolute Gasteiger partial charge is 0.328 e. The van der Waals surface area contributed by atoms with Crippen LogP contribution in [0.5, 0.6) is 0 Å². The highest BCUT2D eigenvalue weighted by atomic mass is 32.2. The molecule has 46 heavy (non-hydrogen) atoms. The van der Waals surface area contributed by atoms with Crippen molar-refractivity contribution >= 4 is 26.2 Å². The molecule has 2 amide bonds. The molecule has 3 N–H and O–H groups in total. The summed E-state index contributed by atoms with van der Waals surface area (Å²) in [6.07, 6.45) is 1.98. The van der Waals surface area contributed by atoms with Crippen LogP contribution in [-0.4, -0.2) is 48.7 Å². The predicted molar refractivity (Wildman–Crippen MR) is 176 cm³/mol. The SMILES string of the molecule is Cc1ccc(S(=O)(=O)NC(=O)NCCc2ccc(-n3nc(C)c(-c4ccccc4)c3C)cc2)nc1.Cc1ccc(S(=O)(=O)O)cc1. The Morgan fingerprint density at radius 3 is 2.02 bits per heavy atom. The second kappa shape index (κ2) is 14.5. The van der Waals surface area contributed by atoms with E-state index in [9.17, 15) is 21.6 Å². The lowest BCUT2D eigenvalue weighted by atomic mass is 10.0. The van der Waals surface area contributed by atoms with E-state index in [1.165, 1.54) is 24.4 Å². The van der Waals surface area contributed by atoms with E-state index >= 15 is 0 Å². The van der Waals surface area contributed by atoms with Gasteiger partial charge >= 0.3 is 6.03 Å². The maximum Gasteiger partial charge on any atom is 0.328 e. The lowest BCUT2D eigenvalue weighted by molar-refractivity contribution is 0.246. The van der Waals surface area contributed by atoms with Crippen LogP contribution in [0.1, 0.15) is 28.1 Å². The average molecular weight is 662 g/mol. The summed E-state index contributed by atoms with van der Waals surface area (Å²) < 4.78 is 58.0. The Morgan fingerprint density at radius 2 is 1.43 bits per heavy atom. The summed E-state index contributed by atoms with van der Waals surface area (Å²) in [6, 6.07) is 26.3. The number of carbonyl (C=O) groups excluding carboxylic acids is 1. The average Bonchev–Trinajstić information content (AvgIpc) is 3.31. The molecule has 2 heterocycles. The first-order chi connectivity index (χ1) is 21.7. The molecule has 0 aliphatic carbocycles. The quantitative estimate of drug-likeness (QED) is 0.188. The molecule has 0 atom stereocenters. The summed E-state index contributed by atoms with van der Waals surface area (Å²) in [5.74, 6) is 0. The molecule has 0 saturated carbocycles. The summed E-state index contributed by atoms with van der Waals surface area (Å²) in [5.41, 5.74) is 8.01. The summed E-state index contributed by atoms with van der Waals surface area (Å²) in [7, 11) is -8.04. The highest BCUT2D eigenvalue weighted by Crippen LogP contribution is 2.28. The van der Waals surface area contributed by atoms with Gasteiger partial charge in [0.1, 0.15) is 0 Å². The normalized spacial score (nSPS) is 11.3. The van der Waals surface area contributed by atoms with Gasteiger partial charge in [-0.15, -0.1) is 0 Å². The Kier molecular flexibility index (Phi) is 10.7. The van der Waals surface area contributed by atoms with Crippen molar-refractivity contribution in [1.29, 1.82) is 0 Å². The molecule has 0 fully saturated rings. The molecule has 240 valence electrons. The first-order valence-electron chi connectivity index (χ1n) is 14.2. The minimum Gasteiger partial charge on any atom is -0.337 e. The summed E-state index contributed by atoms with van der Waals surface area (Å²) in [4.78, 5) is 15.9. The Bertz CT molecular complexity index is 2010. The highest BCUT2D eigenvalue weighted by Gasteiger charge is 2.19. The second-order valence-corrected chi connectivity index (χ2v) is 13.6. The van der Waals surface area contributed by atoms with Crippen molar-refractivity contribution in [2.45, 2.75) is 44.0 Å². The van der Waals surface area contributed by atoms with Crippen molar-refractivity contribution < 1.29 is 26.2 Å². The van der Waals surface area contributed by atoms with Crippen LogP contribution in [0, 0.1) is 27.7 Å². The fourth-order valence-corrected chi connectivity index (χ4v) is 5.91. The molecule has 0 unspecified atom stereocenters. The van der Waals surface area contributed by atoms with Gasteiger partial charge in [0.25, 0.3) is 20.1 Å². The molecule has 3 aromatic carbocycles. The highest BCUT2D eigenvalue weighted by molar-refractivity contribution is 7.90. The van der Waals surface area contributed by atoms with Gasteiger partial charge in [-0.05, 0) is 81.1 Å². The molecule has 5 aromatic rings. The molecule has 13 heteroatoms. The van der Waals surface area contributed by atoms with Crippen LogP contribution in [0.3, 0.4) is 0 Å². The number of nitrogens with zero attached hydrogens (tertiary/aromatic N) is 3. The molecular formula is C33H35N5O6S2. The Labute approximate surface area is 269 Å². The van der Waals surface area contributed by atoms with Crippen LogP contribution in [0.15, 0.2) is 107 Å². The number of aromatic nitrogens is 3. The number of aryl methyl sites for hydroxylation is 3. The van der Waals surface area contributed by atoms with Gasteiger partial charge in [0.05, 0.1) is 16.3 Å². The maximum atomic E-state index is 12.3. The predicted octanol–water partition coefficient (Wildman–Crippen LogP) is 5.33. The standard InChI is InChI=1S/C26H27N5O3S.C7H8O3S/c1-18-9-14-24(28-17-18)35(33,34)30-26(32)27-16-15-21-10-12-23(13-11-21)31-20(3)25(19(2)29-31)22-7-5-4-6-8-22;1-6-2-4-7(5-3-6)11(8,9)10/h4-14,17H,15-16H2,1-3H3,(H2,27,30,32);2-5H,1H3,(H,8,9,10). The van der Waals surface area contributed by atoms with Crippen LogP contribution in [-0.2, 0) is 26.6 Å². The van der Waals surface area contributed by atoms with Crippen LogP contribution < -0.4 is 10.0 Å².